The summed E-state index contributed by atoms with van der Waals surface area (Å²) in [5, 5.41) is 14.1. The average Bonchev–Trinajstić information content (AvgIpc) is 2.95. The summed E-state index contributed by atoms with van der Waals surface area (Å²) in [7, 11) is 1.55. The van der Waals surface area contributed by atoms with Crippen molar-refractivity contribution in [3.05, 3.63) is 50.4 Å². The Balaban J connectivity index is 2.16. The van der Waals surface area contributed by atoms with E-state index in [1.165, 1.54) is 11.3 Å². The van der Waals surface area contributed by atoms with Crippen LogP contribution in [0.3, 0.4) is 0 Å². The molecule has 1 aromatic heterocycles. The lowest BCUT2D eigenvalue weighted by molar-refractivity contribution is -0.137. The number of carbonyl (C=O) groups excluding carboxylic acids is 1. The molecule has 0 aliphatic rings. The molecule has 122 valence electrons. The molecule has 23 heavy (non-hydrogen) atoms. The highest BCUT2D eigenvalue weighted by molar-refractivity contribution is 9.10. The van der Waals surface area contributed by atoms with Gasteiger partial charge in [-0.05, 0) is 17.7 Å². The van der Waals surface area contributed by atoms with Crippen LogP contribution in [0.5, 0.6) is 0 Å². The van der Waals surface area contributed by atoms with Crippen LogP contribution >= 0.6 is 27.3 Å². The molecule has 0 saturated carbocycles. The fourth-order valence-corrected chi connectivity index (χ4v) is 3.15. The first kappa shape index (κ1) is 17.6. The highest BCUT2D eigenvalue weighted by atomic mass is 79.9. The molecule has 1 aromatic carbocycles. The second-order valence-electron chi connectivity index (χ2n) is 4.74. The molecule has 0 saturated heterocycles. The van der Waals surface area contributed by atoms with Crippen LogP contribution in [0.2, 0.25) is 0 Å². The number of aliphatic carboxylic acids is 1. The number of amides is 1. The highest BCUT2D eigenvalue weighted by Gasteiger charge is 2.20. The molecule has 6 nitrogen and oxygen atoms in total. The molecule has 0 radical (unpaired) electrons. The number of carboxylic acids is 1. The molecule has 2 aromatic rings. The second-order valence-corrected chi connectivity index (χ2v) is 6.60. The van der Waals surface area contributed by atoms with E-state index in [1.54, 1.807) is 30.7 Å². The molecular formula is C15H15BrN2O4S. The number of hydrogen-bond acceptors (Lipinski definition) is 5. The minimum absolute atomic E-state index is 0.211. The van der Waals surface area contributed by atoms with E-state index in [-0.39, 0.29) is 12.1 Å². The van der Waals surface area contributed by atoms with Crippen molar-refractivity contribution in [1.29, 1.82) is 0 Å². The molecule has 0 aliphatic heterocycles. The SMILES string of the molecule is COCc1nc(C(=O)NC(CC(=O)O)c2cccc(Br)c2)cs1. The van der Waals surface area contributed by atoms with Crippen LogP contribution in [0.1, 0.15) is 33.5 Å². The monoisotopic (exact) mass is 398 g/mol. The maximum absolute atomic E-state index is 12.3. The Morgan fingerprint density at radius 2 is 2.26 bits per heavy atom. The molecule has 0 aliphatic carbocycles. The van der Waals surface area contributed by atoms with Crippen molar-refractivity contribution in [3.63, 3.8) is 0 Å². The van der Waals surface area contributed by atoms with Crippen molar-refractivity contribution in [3.8, 4) is 0 Å². The number of methoxy groups -OCH3 is 1. The summed E-state index contributed by atoms with van der Waals surface area (Å²) in [5.41, 5.74) is 0.968. The third kappa shape index (κ3) is 5.12. The predicted molar refractivity (Wildman–Crippen MR) is 89.4 cm³/mol. The Morgan fingerprint density at radius 1 is 1.48 bits per heavy atom. The van der Waals surface area contributed by atoms with E-state index in [0.29, 0.717) is 17.2 Å². The van der Waals surface area contributed by atoms with E-state index < -0.39 is 17.9 Å². The Morgan fingerprint density at radius 3 is 2.91 bits per heavy atom. The van der Waals surface area contributed by atoms with Gasteiger partial charge in [-0.1, -0.05) is 28.1 Å². The Bertz CT molecular complexity index is 704. The topological polar surface area (TPSA) is 88.5 Å². The first-order valence-corrected chi connectivity index (χ1v) is 8.38. The van der Waals surface area contributed by atoms with Crippen LogP contribution in [0.4, 0.5) is 0 Å². The maximum atomic E-state index is 12.3. The summed E-state index contributed by atoms with van der Waals surface area (Å²) in [6.07, 6.45) is -0.211. The van der Waals surface area contributed by atoms with E-state index in [1.807, 2.05) is 6.07 Å². The van der Waals surface area contributed by atoms with Gasteiger partial charge in [0, 0.05) is 17.0 Å². The summed E-state index contributed by atoms with van der Waals surface area (Å²) >= 11 is 4.66. The summed E-state index contributed by atoms with van der Waals surface area (Å²) in [6.45, 7) is 0.335. The van der Waals surface area contributed by atoms with E-state index in [4.69, 9.17) is 9.84 Å². The van der Waals surface area contributed by atoms with Gasteiger partial charge in [-0.25, -0.2) is 4.98 Å². The van der Waals surface area contributed by atoms with Crippen molar-refractivity contribution in [2.45, 2.75) is 19.1 Å². The third-order valence-corrected chi connectivity index (χ3v) is 4.30. The number of carboxylic acid groups (broad SMARTS) is 1. The van der Waals surface area contributed by atoms with Crippen LogP contribution in [0.15, 0.2) is 34.1 Å². The van der Waals surface area contributed by atoms with Crippen molar-refractivity contribution >= 4 is 39.1 Å². The van der Waals surface area contributed by atoms with Gasteiger partial charge in [-0.15, -0.1) is 11.3 Å². The second kappa shape index (κ2) is 8.19. The summed E-state index contributed by atoms with van der Waals surface area (Å²) in [6, 6.07) is 6.55. The number of aromatic nitrogens is 1. The molecule has 0 fully saturated rings. The average molecular weight is 399 g/mol. The first-order valence-electron chi connectivity index (χ1n) is 6.71. The van der Waals surface area contributed by atoms with E-state index in [9.17, 15) is 9.59 Å². The maximum Gasteiger partial charge on any atom is 0.305 e. The number of nitrogens with zero attached hydrogens (tertiary/aromatic N) is 1. The standard InChI is InChI=1S/C15H15BrN2O4S/c1-22-7-13-17-12(8-23-13)15(21)18-11(6-14(19)20)9-3-2-4-10(16)5-9/h2-5,8,11H,6-7H2,1H3,(H,18,21)(H,19,20). The minimum Gasteiger partial charge on any atom is -0.481 e. The fourth-order valence-electron chi connectivity index (χ4n) is 1.99. The number of benzene rings is 1. The summed E-state index contributed by atoms with van der Waals surface area (Å²) in [5.74, 6) is -1.40. The molecule has 1 unspecified atom stereocenters. The van der Waals surface area contributed by atoms with Gasteiger partial charge in [0.15, 0.2) is 0 Å². The molecule has 1 heterocycles. The smallest absolute Gasteiger partial charge is 0.305 e. The lowest BCUT2D eigenvalue weighted by Gasteiger charge is -2.17. The van der Waals surface area contributed by atoms with Gasteiger partial charge in [0.1, 0.15) is 10.7 Å². The number of ether oxygens (including phenoxy) is 1. The molecule has 1 amide bonds. The van der Waals surface area contributed by atoms with Gasteiger partial charge in [0.05, 0.1) is 19.1 Å². The normalized spacial score (nSPS) is 11.9. The zero-order valence-electron chi connectivity index (χ0n) is 12.3. The summed E-state index contributed by atoms with van der Waals surface area (Å²) in [4.78, 5) is 27.6. The molecule has 1 atom stereocenters. The molecule has 8 heteroatoms. The lowest BCUT2D eigenvalue weighted by Crippen LogP contribution is -2.30. The van der Waals surface area contributed by atoms with Crippen molar-refractivity contribution in [1.82, 2.24) is 10.3 Å². The molecule has 2 N–H and O–H groups in total. The van der Waals surface area contributed by atoms with Gasteiger partial charge < -0.3 is 15.2 Å². The van der Waals surface area contributed by atoms with Gasteiger partial charge in [0.2, 0.25) is 0 Å². The largest absolute Gasteiger partial charge is 0.481 e. The Hall–Kier alpha value is -1.77. The quantitative estimate of drug-likeness (QED) is 0.748. The van der Waals surface area contributed by atoms with Crippen LogP contribution in [0, 0.1) is 0 Å². The van der Waals surface area contributed by atoms with Gasteiger partial charge >= 0.3 is 5.97 Å². The van der Waals surface area contributed by atoms with Crippen molar-refractivity contribution in [2.24, 2.45) is 0 Å². The molecule has 0 spiro atoms. The van der Waals surface area contributed by atoms with Crippen LogP contribution in [-0.4, -0.2) is 29.1 Å². The fraction of sp³-hybridized carbons (Fsp3) is 0.267. The number of hydrogen-bond donors (Lipinski definition) is 2. The summed E-state index contributed by atoms with van der Waals surface area (Å²) < 4.78 is 5.79. The van der Waals surface area contributed by atoms with E-state index >= 15 is 0 Å². The van der Waals surface area contributed by atoms with Gasteiger partial charge in [0.25, 0.3) is 5.91 Å². The Labute approximate surface area is 145 Å². The zero-order chi connectivity index (χ0) is 16.8. The first-order chi connectivity index (χ1) is 11.0. The number of halogens is 1. The molecule has 2 rings (SSSR count). The van der Waals surface area contributed by atoms with Crippen LogP contribution in [0.25, 0.3) is 0 Å². The zero-order valence-corrected chi connectivity index (χ0v) is 14.7. The van der Waals surface area contributed by atoms with Crippen LogP contribution < -0.4 is 5.32 Å². The number of carbonyl (C=O) groups is 2. The number of thiazole rings is 1. The van der Waals surface area contributed by atoms with Crippen molar-refractivity contribution < 1.29 is 19.4 Å². The third-order valence-electron chi connectivity index (χ3n) is 2.99. The van der Waals surface area contributed by atoms with E-state index in [2.05, 4.69) is 26.2 Å². The van der Waals surface area contributed by atoms with E-state index in [0.717, 1.165) is 4.47 Å². The number of nitrogens with one attached hydrogen (secondary N) is 1. The lowest BCUT2D eigenvalue weighted by atomic mass is 10.0. The minimum atomic E-state index is -0.992. The van der Waals surface area contributed by atoms with Crippen LogP contribution in [-0.2, 0) is 16.1 Å². The highest BCUT2D eigenvalue weighted by Crippen LogP contribution is 2.22. The van der Waals surface area contributed by atoms with Crippen molar-refractivity contribution in [2.75, 3.05) is 7.11 Å². The predicted octanol–water partition coefficient (Wildman–Crippen LogP) is 3.00. The molecule has 0 bridgehead atoms. The Kier molecular flexibility index (Phi) is 6.26. The van der Waals surface area contributed by atoms with Gasteiger partial charge in [-0.3, -0.25) is 9.59 Å². The molecular weight excluding hydrogens is 384 g/mol. The van der Waals surface area contributed by atoms with Gasteiger partial charge in [-0.2, -0.15) is 0 Å². The number of rotatable bonds is 7.